The molecule has 7 heteroatoms. The number of pyridine rings is 1. The molecule has 27 heavy (non-hydrogen) atoms. The van der Waals surface area contributed by atoms with Crippen molar-refractivity contribution in [2.24, 2.45) is 4.99 Å². The monoisotopic (exact) mass is 484 g/mol. The molecule has 0 saturated carbocycles. The zero-order valence-electron chi connectivity index (χ0n) is 16.2. The predicted molar refractivity (Wildman–Crippen MR) is 120 cm³/mol. The van der Waals surface area contributed by atoms with E-state index in [-0.39, 0.29) is 24.0 Å². The van der Waals surface area contributed by atoms with Crippen LogP contribution >= 0.6 is 24.0 Å². The number of ether oxygens (including phenoxy) is 2. The Balaban J connectivity index is 0.00000364. The van der Waals surface area contributed by atoms with Gasteiger partial charge in [-0.1, -0.05) is 31.2 Å². The van der Waals surface area contributed by atoms with E-state index in [9.17, 15) is 0 Å². The molecule has 148 valence electrons. The molecule has 1 aromatic heterocycles. The molecule has 0 saturated heterocycles. The summed E-state index contributed by atoms with van der Waals surface area (Å²) in [6, 6.07) is 12.0. The van der Waals surface area contributed by atoms with Gasteiger partial charge in [0.15, 0.2) is 5.96 Å². The van der Waals surface area contributed by atoms with Crippen LogP contribution in [0, 0.1) is 0 Å². The summed E-state index contributed by atoms with van der Waals surface area (Å²) in [5, 5.41) is 6.63. The molecular formula is C20H29IN4O2. The molecule has 0 aliphatic carbocycles. The van der Waals surface area contributed by atoms with Gasteiger partial charge in [-0.3, -0.25) is 4.99 Å². The second kappa shape index (κ2) is 13.2. The quantitative estimate of drug-likeness (QED) is 0.325. The maximum absolute atomic E-state index is 5.69. The van der Waals surface area contributed by atoms with Gasteiger partial charge in [0.25, 0.3) is 0 Å². The third kappa shape index (κ3) is 7.62. The van der Waals surface area contributed by atoms with Crippen molar-refractivity contribution in [1.82, 2.24) is 15.6 Å². The molecule has 0 atom stereocenters. The highest BCUT2D eigenvalue weighted by atomic mass is 127. The average Bonchev–Trinajstić information content (AvgIpc) is 2.69. The molecule has 1 heterocycles. The molecule has 2 N–H and O–H groups in total. The van der Waals surface area contributed by atoms with E-state index in [0.29, 0.717) is 19.0 Å². The maximum Gasteiger partial charge on any atom is 0.218 e. The van der Waals surface area contributed by atoms with Crippen LogP contribution in [0.2, 0.25) is 0 Å². The number of methoxy groups -OCH3 is 1. The summed E-state index contributed by atoms with van der Waals surface area (Å²) in [6.07, 6.45) is 3.55. The molecule has 1 aromatic carbocycles. The van der Waals surface area contributed by atoms with E-state index < -0.39 is 0 Å². The van der Waals surface area contributed by atoms with Gasteiger partial charge in [0.05, 0.1) is 13.7 Å². The molecule has 0 amide bonds. The first-order chi connectivity index (χ1) is 12.8. The first-order valence-corrected chi connectivity index (χ1v) is 8.91. The lowest BCUT2D eigenvalue weighted by molar-refractivity contribution is 0.301. The van der Waals surface area contributed by atoms with Gasteiger partial charge in [-0.25, -0.2) is 4.98 Å². The Kier molecular flexibility index (Phi) is 11.2. The Labute approximate surface area is 178 Å². The van der Waals surface area contributed by atoms with E-state index in [1.54, 1.807) is 20.4 Å². The summed E-state index contributed by atoms with van der Waals surface area (Å²) in [7, 11) is 3.45. The highest BCUT2D eigenvalue weighted by molar-refractivity contribution is 14.0. The fraction of sp³-hybridized carbons (Fsp3) is 0.400. The number of hydrogen-bond acceptors (Lipinski definition) is 4. The predicted octanol–water partition coefficient (Wildman–Crippen LogP) is 3.40. The highest BCUT2D eigenvalue weighted by Crippen LogP contribution is 2.17. The Bertz CT molecular complexity index is 710. The van der Waals surface area contributed by atoms with Gasteiger partial charge >= 0.3 is 0 Å². The summed E-state index contributed by atoms with van der Waals surface area (Å²) in [6.45, 7) is 4.09. The number of nitrogens with one attached hydrogen (secondary N) is 2. The minimum atomic E-state index is 0. The van der Waals surface area contributed by atoms with Crippen LogP contribution in [0.15, 0.2) is 47.6 Å². The Morgan fingerprint density at radius 3 is 2.63 bits per heavy atom. The van der Waals surface area contributed by atoms with Crippen LogP contribution in [-0.2, 0) is 13.0 Å². The molecule has 0 unspecified atom stereocenters. The largest absolute Gasteiger partial charge is 0.496 e. The average molecular weight is 484 g/mol. The third-order valence-corrected chi connectivity index (χ3v) is 3.84. The Hall–Kier alpha value is -2.03. The van der Waals surface area contributed by atoms with Crippen molar-refractivity contribution in [1.29, 1.82) is 0 Å². The van der Waals surface area contributed by atoms with E-state index in [1.165, 1.54) is 5.56 Å². The van der Waals surface area contributed by atoms with Crippen LogP contribution in [-0.4, -0.2) is 38.3 Å². The van der Waals surface area contributed by atoms with Gasteiger partial charge in [-0.05, 0) is 30.5 Å². The zero-order chi connectivity index (χ0) is 18.6. The number of aliphatic imine (C=N–C) groups is 1. The van der Waals surface area contributed by atoms with E-state index in [0.717, 1.165) is 36.7 Å². The maximum atomic E-state index is 5.69. The second-order valence-electron chi connectivity index (χ2n) is 5.73. The number of guanidine groups is 1. The first kappa shape index (κ1) is 23.0. The molecule has 0 spiro atoms. The molecule has 0 aliphatic rings. The van der Waals surface area contributed by atoms with Gasteiger partial charge in [0.2, 0.25) is 5.88 Å². The smallest absolute Gasteiger partial charge is 0.218 e. The lowest BCUT2D eigenvalue weighted by Crippen LogP contribution is -2.38. The van der Waals surface area contributed by atoms with Gasteiger partial charge in [0.1, 0.15) is 5.75 Å². The summed E-state index contributed by atoms with van der Waals surface area (Å²) in [4.78, 5) is 8.58. The summed E-state index contributed by atoms with van der Waals surface area (Å²) in [5.41, 5.74) is 2.18. The van der Waals surface area contributed by atoms with Crippen molar-refractivity contribution in [3.63, 3.8) is 0 Å². The Morgan fingerprint density at radius 1 is 1.11 bits per heavy atom. The molecule has 0 bridgehead atoms. The molecule has 0 radical (unpaired) electrons. The van der Waals surface area contributed by atoms with Gasteiger partial charge in [-0.15, -0.1) is 24.0 Å². The summed E-state index contributed by atoms with van der Waals surface area (Å²) < 4.78 is 11.1. The number of halogens is 1. The first-order valence-electron chi connectivity index (χ1n) is 8.91. The van der Waals surface area contributed by atoms with Crippen LogP contribution in [0.25, 0.3) is 0 Å². The number of benzene rings is 1. The van der Waals surface area contributed by atoms with E-state index in [2.05, 4.69) is 33.6 Å². The molecule has 6 nitrogen and oxygen atoms in total. The number of aromatic nitrogens is 1. The van der Waals surface area contributed by atoms with E-state index >= 15 is 0 Å². The van der Waals surface area contributed by atoms with E-state index in [1.807, 2.05) is 30.3 Å². The second-order valence-corrected chi connectivity index (χ2v) is 5.73. The van der Waals surface area contributed by atoms with Crippen molar-refractivity contribution in [2.75, 3.05) is 27.3 Å². The van der Waals surface area contributed by atoms with Crippen molar-refractivity contribution in [2.45, 2.75) is 26.3 Å². The summed E-state index contributed by atoms with van der Waals surface area (Å²) in [5.74, 6) is 2.32. The van der Waals surface area contributed by atoms with Crippen molar-refractivity contribution in [3.8, 4) is 11.6 Å². The zero-order valence-corrected chi connectivity index (χ0v) is 18.5. The van der Waals surface area contributed by atoms with Crippen molar-refractivity contribution < 1.29 is 9.47 Å². The van der Waals surface area contributed by atoms with Gasteiger partial charge in [-0.2, -0.15) is 0 Å². The molecule has 0 fully saturated rings. The molecule has 0 aliphatic heterocycles. The topological polar surface area (TPSA) is 67.8 Å². The number of nitrogens with zero attached hydrogens (tertiary/aromatic N) is 2. The number of hydrogen-bond donors (Lipinski definition) is 2. The lowest BCUT2D eigenvalue weighted by atomic mass is 10.1. The van der Waals surface area contributed by atoms with Gasteiger partial charge in [0, 0.05) is 31.9 Å². The van der Waals surface area contributed by atoms with E-state index in [4.69, 9.17) is 9.47 Å². The summed E-state index contributed by atoms with van der Waals surface area (Å²) >= 11 is 0. The fourth-order valence-corrected chi connectivity index (χ4v) is 2.51. The molecule has 2 aromatic rings. The van der Waals surface area contributed by atoms with Crippen LogP contribution in [0.3, 0.4) is 0 Å². The van der Waals surface area contributed by atoms with Crippen molar-refractivity contribution in [3.05, 3.63) is 53.7 Å². The minimum absolute atomic E-state index is 0. The van der Waals surface area contributed by atoms with Gasteiger partial charge < -0.3 is 20.1 Å². The minimum Gasteiger partial charge on any atom is -0.496 e. The van der Waals surface area contributed by atoms with Crippen LogP contribution in [0.4, 0.5) is 0 Å². The Morgan fingerprint density at radius 2 is 1.89 bits per heavy atom. The standard InChI is InChI=1S/C20H28N4O2.HI/c1-4-14-26-19-17(9-7-12-22-19)15-24-20(21-2)23-13-11-16-8-5-6-10-18(16)25-3;/h5-10,12H,4,11,13-15H2,1-3H3,(H2,21,23,24);1H. The molecule has 2 rings (SSSR count). The third-order valence-electron chi connectivity index (χ3n) is 3.84. The molecular weight excluding hydrogens is 455 g/mol. The SMILES string of the molecule is CCCOc1ncccc1CNC(=NC)NCCc1ccccc1OC.I. The number of rotatable bonds is 9. The van der Waals surface area contributed by atoms with Crippen LogP contribution < -0.4 is 20.1 Å². The lowest BCUT2D eigenvalue weighted by Gasteiger charge is -2.14. The number of para-hydroxylation sites is 1. The van der Waals surface area contributed by atoms with Crippen LogP contribution in [0.5, 0.6) is 11.6 Å². The fourth-order valence-electron chi connectivity index (χ4n) is 2.51. The normalized spacial score (nSPS) is 10.7. The van der Waals surface area contributed by atoms with Crippen LogP contribution in [0.1, 0.15) is 24.5 Å². The highest BCUT2D eigenvalue weighted by Gasteiger charge is 2.06. The van der Waals surface area contributed by atoms with Crippen molar-refractivity contribution >= 4 is 29.9 Å².